The topological polar surface area (TPSA) is 27.3 Å². The van der Waals surface area contributed by atoms with Crippen molar-refractivity contribution < 1.29 is 0 Å². The lowest BCUT2D eigenvalue weighted by Gasteiger charge is -2.23. The first-order chi connectivity index (χ1) is 6.84. The Bertz CT molecular complexity index is 132. The number of nitrogens with one attached hydrogen (secondary N) is 2. The van der Waals surface area contributed by atoms with Crippen molar-refractivity contribution >= 4 is 0 Å². The van der Waals surface area contributed by atoms with E-state index < -0.39 is 0 Å². The second-order valence-electron chi connectivity index (χ2n) is 4.25. The number of likely N-dealkylation sites (tertiary alicyclic amines) is 1. The second-order valence-corrected chi connectivity index (χ2v) is 4.25. The molecule has 3 nitrogen and oxygen atoms in total. The summed E-state index contributed by atoms with van der Waals surface area (Å²) in [5, 5.41) is 6.68. The zero-order valence-corrected chi connectivity index (χ0v) is 9.68. The maximum absolute atomic E-state index is 3.52. The summed E-state index contributed by atoms with van der Waals surface area (Å²) in [7, 11) is 2.01. The minimum atomic E-state index is 0.715. The molecule has 0 aromatic rings. The molecular weight excluding hydrogens is 174 g/mol. The highest BCUT2D eigenvalue weighted by atomic mass is 15.2. The van der Waals surface area contributed by atoms with Gasteiger partial charge in [-0.1, -0.05) is 0 Å². The first kappa shape index (κ1) is 12.0. The third kappa shape index (κ3) is 4.40. The summed E-state index contributed by atoms with van der Waals surface area (Å²) >= 11 is 0. The van der Waals surface area contributed by atoms with Crippen LogP contribution in [0, 0.1) is 0 Å². The highest BCUT2D eigenvalue weighted by molar-refractivity contribution is 4.74. The summed E-state index contributed by atoms with van der Waals surface area (Å²) in [5.41, 5.74) is 0. The molecule has 1 aliphatic rings. The van der Waals surface area contributed by atoms with Gasteiger partial charge in [-0.25, -0.2) is 0 Å². The van der Waals surface area contributed by atoms with Gasteiger partial charge in [-0.3, -0.25) is 4.90 Å². The number of hydrogen-bond donors (Lipinski definition) is 2. The lowest BCUT2D eigenvalue weighted by Crippen LogP contribution is -2.39. The highest BCUT2D eigenvalue weighted by Crippen LogP contribution is 2.10. The molecule has 84 valence electrons. The van der Waals surface area contributed by atoms with Gasteiger partial charge in [-0.05, 0) is 59.4 Å². The Morgan fingerprint density at radius 3 is 2.57 bits per heavy atom. The van der Waals surface area contributed by atoms with Crippen molar-refractivity contribution in [2.24, 2.45) is 0 Å². The van der Waals surface area contributed by atoms with Crippen LogP contribution in [0.15, 0.2) is 0 Å². The van der Waals surface area contributed by atoms with Crippen molar-refractivity contribution in [3.8, 4) is 0 Å². The standard InChI is InChI=1S/C11H25N3/c1-11(14-8-3-4-9-14)10-13-7-5-6-12-2/h11-13H,3-10H2,1-2H3. The molecule has 1 fully saturated rings. The van der Waals surface area contributed by atoms with Crippen LogP contribution in [0.2, 0.25) is 0 Å². The first-order valence-corrected chi connectivity index (χ1v) is 5.94. The second kappa shape index (κ2) is 7.21. The predicted molar refractivity (Wildman–Crippen MR) is 61.7 cm³/mol. The molecule has 2 N–H and O–H groups in total. The van der Waals surface area contributed by atoms with Crippen molar-refractivity contribution in [1.82, 2.24) is 15.5 Å². The van der Waals surface area contributed by atoms with Crippen molar-refractivity contribution in [3.05, 3.63) is 0 Å². The summed E-state index contributed by atoms with van der Waals surface area (Å²) in [6, 6.07) is 0.715. The van der Waals surface area contributed by atoms with Crippen LogP contribution in [0.1, 0.15) is 26.2 Å². The molecule has 1 saturated heterocycles. The van der Waals surface area contributed by atoms with Crippen LogP contribution in [-0.4, -0.2) is 50.7 Å². The lowest BCUT2D eigenvalue weighted by molar-refractivity contribution is 0.252. The molecule has 1 unspecified atom stereocenters. The molecule has 0 aliphatic carbocycles. The average molecular weight is 199 g/mol. The van der Waals surface area contributed by atoms with E-state index in [1.807, 2.05) is 7.05 Å². The van der Waals surface area contributed by atoms with Crippen molar-refractivity contribution in [2.75, 3.05) is 39.8 Å². The van der Waals surface area contributed by atoms with E-state index in [4.69, 9.17) is 0 Å². The molecule has 1 aliphatic heterocycles. The Hall–Kier alpha value is -0.120. The van der Waals surface area contributed by atoms with Gasteiger partial charge in [-0.2, -0.15) is 0 Å². The molecule has 0 spiro atoms. The van der Waals surface area contributed by atoms with Gasteiger partial charge in [0, 0.05) is 12.6 Å². The van der Waals surface area contributed by atoms with Gasteiger partial charge in [0.05, 0.1) is 0 Å². The summed E-state index contributed by atoms with van der Waals surface area (Å²) in [5.74, 6) is 0. The molecule has 14 heavy (non-hydrogen) atoms. The third-order valence-electron chi connectivity index (χ3n) is 2.98. The van der Waals surface area contributed by atoms with E-state index in [1.165, 1.54) is 32.4 Å². The Morgan fingerprint density at radius 1 is 1.21 bits per heavy atom. The Kier molecular flexibility index (Phi) is 6.15. The molecule has 0 aromatic heterocycles. The molecule has 0 aromatic carbocycles. The number of hydrogen-bond acceptors (Lipinski definition) is 3. The van der Waals surface area contributed by atoms with Gasteiger partial charge in [0.2, 0.25) is 0 Å². The molecule has 0 saturated carbocycles. The SMILES string of the molecule is CNCCCNCC(C)N1CCCC1. The molecule has 0 bridgehead atoms. The highest BCUT2D eigenvalue weighted by Gasteiger charge is 2.16. The van der Waals surface area contributed by atoms with Crippen LogP contribution in [0.25, 0.3) is 0 Å². The van der Waals surface area contributed by atoms with Crippen LogP contribution >= 0.6 is 0 Å². The molecule has 3 heteroatoms. The molecule has 1 heterocycles. The lowest BCUT2D eigenvalue weighted by atomic mass is 10.3. The summed E-state index contributed by atoms with van der Waals surface area (Å²) in [6.07, 6.45) is 4.01. The zero-order valence-electron chi connectivity index (χ0n) is 9.68. The van der Waals surface area contributed by atoms with Crippen LogP contribution in [0.5, 0.6) is 0 Å². The van der Waals surface area contributed by atoms with Crippen LogP contribution in [0.3, 0.4) is 0 Å². The number of rotatable bonds is 7. The average Bonchev–Trinajstić information content (AvgIpc) is 2.70. The van der Waals surface area contributed by atoms with Crippen LogP contribution < -0.4 is 10.6 Å². The van der Waals surface area contributed by atoms with Crippen molar-refractivity contribution in [1.29, 1.82) is 0 Å². The van der Waals surface area contributed by atoms with Gasteiger partial charge < -0.3 is 10.6 Å². The Labute approximate surface area is 88.2 Å². The van der Waals surface area contributed by atoms with E-state index in [0.717, 1.165) is 19.6 Å². The van der Waals surface area contributed by atoms with Crippen molar-refractivity contribution in [3.63, 3.8) is 0 Å². The third-order valence-corrected chi connectivity index (χ3v) is 2.98. The summed E-state index contributed by atoms with van der Waals surface area (Å²) in [4.78, 5) is 2.59. The first-order valence-electron chi connectivity index (χ1n) is 5.94. The van der Waals surface area contributed by atoms with Gasteiger partial charge in [-0.15, -0.1) is 0 Å². The van der Waals surface area contributed by atoms with E-state index in [0.29, 0.717) is 6.04 Å². The number of nitrogens with zero attached hydrogens (tertiary/aromatic N) is 1. The molecule has 0 amide bonds. The van der Waals surface area contributed by atoms with E-state index in [9.17, 15) is 0 Å². The van der Waals surface area contributed by atoms with Gasteiger partial charge in [0.25, 0.3) is 0 Å². The van der Waals surface area contributed by atoms with E-state index in [2.05, 4.69) is 22.5 Å². The van der Waals surface area contributed by atoms with Crippen LogP contribution in [0.4, 0.5) is 0 Å². The maximum Gasteiger partial charge on any atom is 0.0192 e. The minimum absolute atomic E-state index is 0.715. The Balaban J connectivity index is 1.94. The van der Waals surface area contributed by atoms with Gasteiger partial charge >= 0.3 is 0 Å². The van der Waals surface area contributed by atoms with E-state index in [1.54, 1.807) is 0 Å². The van der Waals surface area contributed by atoms with E-state index in [-0.39, 0.29) is 0 Å². The Morgan fingerprint density at radius 2 is 1.93 bits per heavy atom. The van der Waals surface area contributed by atoms with E-state index >= 15 is 0 Å². The molecule has 1 atom stereocenters. The molecule has 0 radical (unpaired) electrons. The minimum Gasteiger partial charge on any atom is -0.320 e. The summed E-state index contributed by atoms with van der Waals surface area (Å²) in [6.45, 7) is 8.34. The van der Waals surface area contributed by atoms with Crippen molar-refractivity contribution in [2.45, 2.75) is 32.2 Å². The quantitative estimate of drug-likeness (QED) is 0.590. The fourth-order valence-corrected chi connectivity index (χ4v) is 2.01. The molecule has 1 rings (SSSR count). The van der Waals surface area contributed by atoms with Gasteiger partial charge in [0.15, 0.2) is 0 Å². The normalized spacial score (nSPS) is 20.1. The van der Waals surface area contributed by atoms with Crippen LogP contribution in [-0.2, 0) is 0 Å². The van der Waals surface area contributed by atoms with Gasteiger partial charge in [0.1, 0.15) is 0 Å². The fraction of sp³-hybridized carbons (Fsp3) is 1.00. The maximum atomic E-state index is 3.52. The zero-order chi connectivity index (χ0) is 10.2. The summed E-state index contributed by atoms with van der Waals surface area (Å²) < 4.78 is 0. The predicted octanol–water partition coefficient (Wildman–Crippen LogP) is 0.670. The largest absolute Gasteiger partial charge is 0.320 e. The smallest absolute Gasteiger partial charge is 0.0192 e. The fourth-order valence-electron chi connectivity index (χ4n) is 2.01. The molecular formula is C11H25N3. The monoisotopic (exact) mass is 199 g/mol.